The molecule has 3 fully saturated rings. The highest BCUT2D eigenvalue weighted by molar-refractivity contribution is 5.86. The fourth-order valence-electron chi connectivity index (χ4n) is 4.78. The number of carbonyl (C=O) groups excluding carboxylic acids is 1. The fraction of sp³-hybridized carbons (Fsp3) is 0.458. The molecule has 3 nitrogen and oxygen atoms in total. The lowest BCUT2D eigenvalue weighted by Crippen LogP contribution is -2.78. The summed E-state index contributed by atoms with van der Waals surface area (Å²) in [7, 11) is 0. The monoisotopic (exact) mass is 381 g/mol. The Hall–Kier alpha value is -2.36. The molecule has 5 rings (SSSR count). The Kier molecular flexibility index (Phi) is 4.48. The lowest BCUT2D eigenvalue weighted by molar-refractivity contribution is -0.150. The first-order valence-corrected chi connectivity index (χ1v) is 10.1. The molecule has 0 unspecified atom stereocenters. The number of hydrogen-bond acceptors (Lipinski definition) is 2. The lowest BCUT2D eigenvalue weighted by atomic mass is 9.37. The molecule has 0 radical (unpaired) electrons. The Bertz CT molecular complexity index is 851. The minimum atomic E-state index is -1.01. The van der Waals surface area contributed by atoms with E-state index in [2.05, 4.69) is 36.5 Å². The van der Waals surface area contributed by atoms with Crippen LogP contribution in [0, 0.1) is 5.82 Å². The second-order valence-corrected chi connectivity index (χ2v) is 9.06. The van der Waals surface area contributed by atoms with Crippen molar-refractivity contribution in [3.63, 3.8) is 0 Å². The van der Waals surface area contributed by atoms with Crippen molar-refractivity contribution in [2.24, 2.45) is 0 Å². The van der Waals surface area contributed by atoms with Crippen LogP contribution < -0.4 is 10.1 Å². The summed E-state index contributed by atoms with van der Waals surface area (Å²) in [5, 5.41) is 3.22. The first kappa shape index (κ1) is 19.0. The van der Waals surface area contributed by atoms with Crippen LogP contribution in [0.1, 0.15) is 57.6 Å². The van der Waals surface area contributed by atoms with E-state index in [4.69, 9.17) is 4.74 Å². The van der Waals surface area contributed by atoms with Gasteiger partial charge in [-0.25, -0.2) is 4.39 Å². The molecule has 3 aliphatic carbocycles. The SMILES string of the molecule is CCCc1ccc(C23CC(NC(=O)C(C)(C)Oc4ccc(F)cc4)(C2)C3)cc1. The predicted octanol–water partition coefficient (Wildman–Crippen LogP) is 4.93. The first-order valence-electron chi connectivity index (χ1n) is 10.1. The van der Waals surface area contributed by atoms with Crippen LogP contribution in [0.3, 0.4) is 0 Å². The largest absolute Gasteiger partial charge is 0.478 e. The van der Waals surface area contributed by atoms with Crippen molar-refractivity contribution in [2.75, 3.05) is 0 Å². The van der Waals surface area contributed by atoms with Crippen LogP contribution >= 0.6 is 0 Å². The molecule has 0 heterocycles. The normalized spacial score (nSPS) is 25.4. The summed E-state index contributed by atoms with van der Waals surface area (Å²) in [6.07, 6.45) is 5.26. The molecular weight excluding hydrogens is 353 g/mol. The molecule has 2 aromatic rings. The van der Waals surface area contributed by atoms with E-state index in [-0.39, 0.29) is 22.7 Å². The number of rotatable bonds is 7. The zero-order chi connectivity index (χ0) is 20.0. The summed E-state index contributed by atoms with van der Waals surface area (Å²) in [5.74, 6) is 0.0442. The van der Waals surface area contributed by atoms with Gasteiger partial charge in [0.2, 0.25) is 0 Å². The highest BCUT2D eigenvalue weighted by atomic mass is 19.1. The van der Waals surface area contributed by atoms with Crippen molar-refractivity contribution in [3.8, 4) is 5.75 Å². The maximum atomic E-state index is 13.1. The van der Waals surface area contributed by atoms with Gasteiger partial charge in [0.1, 0.15) is 11.6 Å². The van der Waals surface area contributed by atoms with E-state index >= 15 is 0 Å². The molecule has 28 heavy (non-hydrogen) atoms. The van der Waals surface area contributed by atoms with E-state index in [0.717, 1.165) is 32.1 Å². The van der Waals surface area contributed by atoms with E-state index < -0.39 is 5.60 Å². The van der Waals surface area contributed by atoms with Crippen LogP contribution in [0.15, 0.2) is 48.5 Å². The molecular formula is C24H28FNO2. The van der Waals surface area contributed by atoms with Gasteiger partial charge in [0.25, 0.3) is 5.91 Å². The molecule has 2 aromatic carbocycles. The zero-order valence-electron chi connectivity index (χ0n) is 16.8. The van der Waals surface area contributed by atoms with E-state index in [0.29, 0.717) is 5.75 Å². The molecule has 148 valence electrons. The van der Waals surface area contributed by atoms with Gasteiger partial charge in [0.05, 0.1) is 0 Å². The number of hydrogen-bond donors (Lipinski definition) is 1. The van der Waals surface area contributed by atoms with Gasteiger partial charge in [0.15, 0.2) is 5.60 Å². The average molecular weight is 381 g/mol. The molecule has 0 aromatic heterocycles. The molecule has 0 saturated heterocycles. The van der Waals surface area contributed by atoms with Crippen LogP contribution in [-0.4, -0.2) is 17.0 Å². The fourth-order valence-corrected chi connectivity index (χ4v) is 4.78. The predicted molar refractivity (Wildman–Crippen MR) is 108 cm³/mol. The zero-order valence-corrected chi connectivity index (χ0v) is 16.8. The van der Waals surface area contributed by atoms with Crippen LogP contribution in [0.5, 0.6) is 5.75 Å². The Morgan fingerprint density at radius 3 is 2.25 bits per heavy atom. The number of aryl methyl sites for hydroxylation is 1. The summed E-state index contributed by atoms with van der Waals surface area (Å²) in [6.45, 7) is 5.70. The van der Waals surface area contributed by atoms with Gasteiger partial charge >= 0.3 is 0 Å². The van der Waals surface area contributed by atoms with Crippen molar-refractivity contribution in [2.45, 2.75) is 69.4 Å². The van der Waals surface area contributed by atoms with Gasteiger partial charge in [-0.2, -0.15) is 0 Å². The van der Waals surface area contributed by atoms with Gasteiger partial charge in [-0.05, 0) is 74.9 Å². The molecule has 0 aliphatic heterocycles. The van der Waals surface area contributed by atoms with Gasteiger partial charge in [-0.3, -0.25) is 4.79 Å². The molecule has 2 bridgehead atoms. The topological polar surface area (TPSA) is 38.3 Å². The van der Waals surface area contributed by atoms with Crippen LogP contribution in [0.4, 0.5) is 4.39 Å². The van der Waals surface area contributed by atoms with Crippen molar-refractivity contribution in [1.82, 2.24) is 5.32 Å². The smallest absolute Gasteiger partial charge is 0.264 e. The minimum absolute atomic E-state index is 0.0946. The van der Waals surface area contributed by atoms with Gasteiger partial charge in [0, 0.05) is 11.0 Å². The molecule has 4 heteroatoms. The third kappa shape index (κ3) is 3.30. The molecule has 3 saturated carbocycles. The Balaban J connectivity index is 1.35. The number of nitrogens with one attached hydrogen (secondary N) is 1. The first-order chi connectivity index (χ1) is 13.3. The maximum Gasteiger partial charge on any atom is 0.264 e. The number of halogens is 1. The third-order valence-electron chi connectivity index (χ3n) is 6.25. The minimum Gasteiger partial charge on any atom is -0.478 e. The van der Waals surface area contributed by atoms with E-state index in [1.54, 1.807) is 26.0 Å². The standard InChI is InChI=1S/C24H28FNO2/c1-4-5-17-6-8-18(9-7-17)23-14-24(15-23,16-23)26-21(27)22(2,3)28-20-12-10-19(25)11-13-20/h6-13H,4-5,14-16H2,1-3H3,(H,26,27). The summed E-state index contributed by atoms with van der Waals surface area (Å²) >= 11 is 0. The second kappa shape index (κ2) is 6.61. The summed E-state index contributed by atoms with van der Waals surface area (Å²) in [5.41, 5.74) is 1.91. The third-order valence-corrected chi connectivity index (χ3v) is 6.25. The van der Waals surface area contributed by atoms with Crippen LogP contribution in [-0.2, 0) is 16.6 Å². The van der Waals surface area contributed by atoms with E-state index in [9.17, 15) is 9.18 Å². The van der Waals surface area contributed by atoms with E-state index in [1.807, 2.05) is 0 Å². The van der Waals surface area contributed by atoms with Crippen LogP contribution in [0.25, 0.3) is 0 Å². The van der Waals surface area contributed by atoms with E-state index in [1.165, 1.54) is 23.3 Å². The summed E-state index contributed by atoms with van der Waals surface area (Å²) in [6, 6.07) is 14.8. The van der Waals surface area contributed by atoms with Crippen molar-refractivity contribution in [3.05, 3.63) is 65.5 Å². The molecule has 0 spiro atoms. The Labute approximate surface area is 166 Å². The molecule has 1 N–H and O–H groups in total. The number of carbonyl (C=O) groups is 1. The number of amides is 1. The van der Waals surface area contributed by atoms with Gasteiger partial charge < -0.3 is 10.1 Å². The molecule has 3 aliphatic rings. The maximum absolute atomic E-state index is 13.1. The Morgan fingerprint density at radius 2 is 1.68 bits per heavy atom. The van der Waals surface area contributed by atoms with Crippen molar-refractivity contribution in [1.29, 1.82) is 0 Å². The Morgan fingerprint density at radius 1 is 1.07 bits per heavy atom. The molecule has 0 atom stereocenters. The number of ether oxygens (including phenoxy) is 1. The molecule has 1 amide bonds. The average Bonchev–Trinajstić information content (AvgIpc) is 2.59. The highest BCUT2D eigenvalue weighted by Crippen LogP contribution is 2.67. The quantitative estimate of drug-likeness (QED) is 0.739. The number of benzene rings is 2. The highest BCUT2D eigenvalue weighted by Gasteiger charge is 2.69. The van der Waals surface area contributed by atoms with Crippen LogP contribution in [0.2, 0.25) is 0 Å². The second-order valence-electron chi connectivity index (χ2n) is 9.06. The summed E-state index contributed by atoms with van der Waals surface area (Å²) < 4.78 is 18.9. The van der Waals surface area contributed by atoms with Gasteiger partial charge in [-0.15, -0.1) is 0 Å². The van der Waals surface area contributed by atoms with Crippen molar-refractivity contribution >= 4 is 5.91 Å². The summed E-state index contributed by atoms with van der Waals surface area (Å²) in [4.78, 5) is 12.8. The van der Waals surface area contributed by atoms with Crippen molar-refractivity contribution < 1.29 is 13.9 Å². The lowest BCUT2D eigenvalue weighted by Gasteiger charge is -2.71. The van der Waals surface area contributed by atoms with Gasteiger partial charge in [-0.1, -0.05) is 37.6 Å².